The predicted molar refractivity (Wildman–Crippen MR) is 77.3 cm³/mol. The van der Waals surface area contributed by atoms with Gasteiger partial charge in [0.15, 0.2) is 0 Å². The number of ether oxygens (including phenoxy) is 1. The van der Waals surface area contributed by atoms with Gasteiger partial charge in [-0.05, 0) is 30.7 Å². The summed E-state index contributed by atoms with van der Waals surface area (Å²) in [5.41, 5.74) is 2.79. The Morgan fingerprint density at radius 1 is 1.47 bits per heavy atom. The van der Waals surface area contributed by atoms with Crippen LogP contribution in [0.5, 0.6) is 5.75 Å². The van der Waals surface area contributed by atoms with Crippen molar-refractivity contribution in [3.05, 3.63) is 45.7 Å². The molecule has 0 spiro atoms. The van der Waals surface area contributed by atoms with Gasteiger partial charge in [-0.3, -0.25) is 4.68 Å². The van der Waals surface area contributed by atoms with Crippen LogP contribution in [0, 0.1) is 6.92 Å². The maximum Gasteiger partial charge on any atom is 0.122 e. The van der Waals surface area contributed by atoms with Gasteiger partial charge in [0.25, 0.3) is 0 Å². The number of hydrogen-bond acceptors (Lipinski definition) is 3. The van der Waals surface area contributed by atoms with Gasteiger partial charge in [0.05, 0.1) is 19.4 Å². The molecular formula is C14H17BrN2O2. The molecule has 0 bridgehead atoms. The van der Waals surface area contributed by atoms with Crippen LogP contribution < -0.4 is 4.74 Å². The molecule has 102 valence electrons. The molecule has 1 aromatic heterocycles. The van der Waals surface area contributed by atoms with Crippen molar-refractivity contribution >= 4 is 15.9 Å². The Morgan fingerprint density at radius 3 is 2.79 bits per heavy atom. The normalized spacial score (nSPS) is 12.5. The molecule has 1 unspecified atom stereocenters. The van der Waals surface area contributed by atoms with Gasteiger partial charge in [-0.25, -0.2) is 0 Å². The van der Waals surface area contributed by atoms with Crippen LogP contribution in [0.15, 0.2) is 28.9 Å². The van der Waals surface area contributed by atoms with Gasteiger partial charge < -0.3 is 9.84 Å². The maximum absolute atomic E-state index is 10.4. The molecular weight excluding hydrogens is 308 g/mol. The van der Waals surface area contributed by atoms with Gasteiger partial charge in [0, 0.05) is 29.2 Å². The predicted octanol–water partition coefficient (Wildman–Crippen LogP) is 2.78. The molecule has 1 N–H and O–H groups in total. The lowest BCUT2D eigenvalue weighted by molar-refractivity contribution is 0.176. The van der Waals surface area contributed by atoms with E-state index in [0.29, 0.717) is 6.42 Å². The van der Waals surface area contributed by atoms with E-state index in [-0.39, 0.29) is 0 Å². The third kappa shape index (κ3) is 2.98. The highest BCUT2D eigenvalue weighted by atomic mass is 79.9. The van der Waals surface area contributed by atoms with Gasteiger partial charge >= 0.3 is 0 Å². The number of nitrogens with zero attached hydrogens (tertiary/aromatic N) is 2. The minimum atomic E-state index is -0.586. The zero-order chi connectivity index (χ0) is 14.0. The highest BCUT2D eigenvalue weighted by Crippen LogP contribution is 2.28. The van der Waals surface area contributed by atoms with Crippen molar-refractivity contribution < 1.29 is 9.84 Å². The highest BCUT2D eigenvalue weighted by molar-refractivity contribution is 9.10. The Morgan fingerprint density at radius 2 is 2.21 bits per heavy atom. The molecule has 0 saturated heterocycles. The van der Waals surface area contributed by atoms with Crippen LogP contribution in [0.4, 0.5) is 0 Å². The molecule has 0 radical (unpaired) electrons. The molecule has 0 amide bonds. The molecule has 1 heterocycles. The number of aromatic nitrogens is 2. The molecule has 0 aliphatic heterocycles. The number of methoxy groups -OCH3 is 1. The molecule has 5 heteroatoms. The van der Waals surface area contributed by atoms with Crippen LogP contribution >= 0.6 is 15.9 Å². The summed E-state index contributed by atoms with van der Waals surface area (Å²) in [6.07, 6.45) is 1.62. The van der Waals surface area contributed by atoms with E-state index in [1.54, 1.807) is 18.0 Å². The fourth-order valence-corrected chi connectivity index (χ4v) is 2.48. The topological polar surface area (TPSA) is 47.3 Å². The fourth-order valence-electron chi connectivity index (χ4n) is 2.07. The SMILES string of the molecule is COc1ccc(Br)cc1CC(O)c1cnn(C)c1C. The molecule has 0 aliphatic carbocycles. The molecule has 0 saturated carbocycles. The average molecular weight is 325 g/mol. The van der Waals surface area contributed by atoms with Gasteiger partial charge in [0.1, 0.15) is 5.75 Å². The minimum absolute atomic E-state index is 0.495. The summed E-state index contributed by atoms with van der Waals surface area (Å²) in [4.78, 5) is 0. The maximum atomic E-state index is 10.4. The Hall–Kier alpha value is -1.33. The number of hydrogen-bond donors (Lipinski definition) is 1. The Kier molecular flexibility index (Phi) is 4.27. The number of aliphatic hydroxyl groups excluding tert-OH is 1. The lowest BCUT2D eigenvalue weighted by Gasteiger charge is -2.13. The van der Waals surface area contributed by atoms with Crippen LogP contribution in [-0.4, -0.2) is 22.0 Å². The monoisotopic (exact) mass is 324 g/mol. The van der Waals surface area contributed by atoms with E-state index in [1.165, 1.54) is 0 Å². The number of aryl methyl sites for hydroxylation is 1. The highest BCUT2D eigenvalue weighted by Gasteiger charge is 2.16. The molecule has 4 nitrogen and oxygen atoms in total. The molecule has 0 fully saturated rings. The first-order valence-corrected chi connectivity index (χ1v) is 6.81. The zero-order valence-electron chi connectivity index (χ0n) is 11.2. The van der Waals surface area contributed by atoms with E-state index >= 15 is 0 Å². The van der Waals surface area contributed by atoms with Crippen LogP contribution in [0.1, 0.15) is 22.9 Å². The first kappa shape index (κ1) is 14.1. The number of rotatable bonds is 4. The van der Waals surface area contributed by atoms with E-state index in [0.717, 1.165) is 27.0 Å². The van der Waals surface area contributed by atoms with Gasteiger partial charge in [0.2, 0.25) is 0 Å². The van der Waals surface area contributed by atoms with E-state index in [1.807, 2.05) is 32.2 Å². The lowest BCUT2D eigenvalue weighted by Crippen LogP contribution is -2.05. The second-order valence-electron chi connectivity index (χ2n) is 4.49. The summed E-state index contributed by atoms with van der Waals surface area (Å²) >= 11 is 3.44. The van der Waals surface area contributed by atoms with Crippen molar-refractivity contribution in [1.29, 1.82) is 0 Å². The number of halogens is 1. The van der Waals surface area contributed by atoms with Crippen molar-refractivity contribution in [2.24, 2.45) is 7.05 Å². The lowest BCUT2D eigenvalue weighted by atomic mass is 10.0. The Bertz CT molecular complexity index is 581. The second kappa shape index (κ2) is 5.75. The van der Waals surface area contributed by atoms with Gasteiger partial charge in [-0.1, -0.05) is 15.9 Å². The first-order chi connectivity index (χ1) is 9.02. The van der Waals surface area contributed by atoms with Crippen molar-refractivity contribution in [1.82, 2.24) is 9.78 Å². The molecule has 1 aromatic carbocycles. The quantitative estimate of drug-likeness (QED) is 0.940. The Balaban J connectivity index is 2.26. The summed E-state index contributed by atoms with van der Waals surface area (Å²) in [7, 11) is 3.50. The molecule has 0 aliphatic rings. The zero-order valence-corrected chi connectivity index (χ0v) is 12.8. The summed E-state index contributed by atoms with van der Waals surface area (Å²) in [6, 6.07) is 5.78. The van der Waals surface area contributed by atoms with E-state index in [9.17, 15) is 5.11 Å². The van der Waals surface area contributed by atoms with Crippen molar-refractivity contribution in [2.75, 3.05) is 7.11 Å². The van der Waals surface area contributed by atoms with Gasteiger partial charge in [-0.2, -0.15) is 5.10 Å². The van der Waals surface area contributed by atoms with Crippen LogP contribution in [0.25, 0.3) is 0 Å². The Labute approximate surface area is 121 Å². The van der Waals surface area contributed by atoms with Crippen molar-refractivity contribution in [3.63, 3.8) is 0 Å². The van der Waals surface area contributed by atoms with E-state index in [4.69, 9.17) is 4.74 Å². The van der Waals surface area contributed by atoms with E-state index < -0.39 is 6.10 Å². The third-order valence-corrected chi connectivity index (χ3v) is 3.78. The summed E-state index contributed by atoms with van der Waals surface area (Å²) in [5, 5.41) is 14.5. The third-order valence-electron chi connectivity index (χ3n) is 3.29. The molecule has 1 atom stereocenters. The number of aliphatic hydroxyl groups is 1. The number of benzene rings is 1. The summed E-state index contributed by atoms with van der Waals surface area (Å²) in [6.45, 7) is 1.95. The van der Waals surface area contributed by atoms with Crippen LogP contribution in [0.3, 0.4) is 0 Å². The standard InChI is InChI=1S/C14H17BrN2O2/c1-9-12(8-16-17(9)2)13(18)7-10-6-11(15)4-5-14(10)19-3/h4-6,8,13,18H,7H2,1-3H3. The van der Waals surface area contributed by atoms with Crippen molar-refractivity contribution in [2.45, 2.75) is 19.4 Å². The largest absolute Gasteiger partial charge is 0.496 e. The van der Waals surface area contributed by atoms with Crippen molar-refractivity contribution in [3.8, 4) is 5.75 Å². The molecule has 2 aromatic rings. The molecule has 19 heavy (non-hydrogen) atoms. The van der Waals surface area contributed by atoms with Gasteiger partial charge in [-0.15, -0.1) is 0 Å². The van der Waals surface area contributed by atoms with Crippen LogP contribution in [-0.2, 0) is 13.5 Å². The van der Waals surface area contributed by atoms with Crippen LogP contribution in [0.2, 0.25) is 0 Å². The smallest absolute Gasteiger partial charge is 0.122 e. The first-order valence-electron chi connectivity index (χ1n) is 6.02. The average Bonchev–Trinajstić information content (AvgIpc) is 2.70. The summed E-state index contributed by atoms with van der Waals surface area (Å²) < 4.78 is 8.05. The summed E-state index contributed by atoms with van der Waals surface area (Å²) in [5.74, 6) is 0.781. The minimum Gasteiger partial charge on any atom is -0.496 e. The van der Waals surface area contributed by atoms with E-state index in [2.05, 4.69) is 21.0 Å². The fraction of sp³-hybridized carbons (Fsp3) is 0.357. The second-order valence-corrected chi connectivity index (χ2v) is 5.40. The molecule has 2 rings (SSSR count).